The van der Waals surface area contributed by atoms with E-state index in [9.17, 15) is 13.2 Å². The second-order valence-corrected chi connectivity index (χ2v) is 10.1. The zero-order valence-corrected chi connectivity index (χ0v) is 20.0. The molecule has 1 aromatic heterocycles. The number of H-pyrrole nitrogens is 1. The maximum Gasteiger partial charge on any atom is 0.240 e. The molecule has 1 amide bonds. The molecule has 0 aliphatic heterocycles. The van der Waals surface area contributed by atoms with Gasteiger partial charge in [-0.05, 0) is 61.2 Å². The number of aryl methyl sites for hydroxylation is 2. The minimum Gasteiger partial charge on any atom is -0.346 e. The van der Waals surface area contributed by atoms with Gasteiger partial charge in [0.15, 0.2) is 0 Å². The van der Waals surface area contributed by atoms with Crippen LogP contribution in [0.1, 0.15) is 35.0 Å². The van der Waals surface area contributed by atoms with Crippen molar-refractivity contribution in [1.82, 2.24) is 20.0 Å². The summed E-state index contributed by atoms with van der Waals surface area (Å²) in [6, 6.07) is 22.2. The van der Waals surface area contributed by atoms with Crippen LogP contribution in [-0.2, 0) is 21.2 Å². The Kier molecular flexibility index (Phi) is 7.09. The van der Waals surface area contributed by atoms with Crippen molar-refractivity contribution in [3.05, 3.63) is 95.3 Å². The Labute approximate surface area is 199 Å². The number of amides is 1. The van der Waals surface area contributed by atoms with Crippen molar-refractivity contribution < 1.29 is 13.2 Å². The average molecular weight is 477 g/mol. The van der Waals surface area contributed by atoms with Gasteiger partial charge in [-0.15, -0.1) is 0 Å². The van der Waals surface area contributed by atoms with E-state index < -0.39 is 10.0 Å². The van der Waals surface area contributed by atoms with Gasteiger partial charge in [0.1, 0.15) is 5.82 Å². The monoisotopic (exact) mass is 476 g/mol. The molecule has 4 rings (SSSR count). The van der Waals surface area contributed by atoms with Crippen LogP contribution >= 0.6 is 0 Å². The summed E-state index contributed by atoms with van der Waals surface area (Å²) in [5.41, 5.74) is 4.70. The summed E-state index contributed by atoms with van der Waals surface area (Å²) in [4.78, 5) is 20.9. The SMILES string of the molecule is Cc1ccc(S(=O)(=O)NCCC(=O)N[C@@H](Cc2ccccc2)c2nc3ccccc3[nH]2)cc1C. The van der Waals surface area contributed by atoms with Gasteiger partial charge in [-0.3, -0.25) is 4.79 Å². The third-order valence-corrected chi connectivity index (χ3v) is 7.25. The van der Waals surface area contributed by atoms with Crippen LogP contribution < -0.4 is 10.0 Å². The molecule has 0 unspecified atom stereocenters. The van der Waals surface area contributed by atoms with E-state index in [1.54, 1.807) is 18.2 Å². The van der Waals surface area contributed by atoms with Crippen LogP contribution in [0.2, 0.25) is 0 Å². The standard InChI is InChI=1S/C26H28N4O3S/c1-18-12-13-21(16-19(18)2)34(32,33)27-15-14-25(31)28-24(17-20-8-4-3-5-9-20)26-29-22-10-6-7-11-23(22)30-26/h3-13,16,24,27H,14-15,17H2,1-2H3,(H,28,31)(H,29,30)/t24-/m0/s1. The third-order valence-electron chi connectivity index (χ3n) is 5.79. The van der Waals surface area contributed by atoms with Crippen molar-refractivity contribution in [2.75, 3.05) is 6.54 Å². The Hall–Kier alpha value is -3.49. The molecular weight excluding hydrogens is 448 g/mol. The molecule has 7 nitrogen and oxygen atoms in total. The van der Waals surface area contributed by atoms with E-state index in [0.29, 0.717) is 12.2 Å². The zero-order valence-electron chi connectivity index (χ0n) is 19.2. The number of rotatable bonds is 9. The summed E-state index contributed by atoms with van der Waals surface area (Å²) in [5.74, 6) is 0.401. The van der Waals surface area contributed by atoms with Crippen molar-refractivity contribution in [1.29, 1.82) is 0 Å². The summed E-state index contributed by atoms with van der Waals surface area (Å²) in [5, 5.41) is 3.02. The topological polar surface area (TPSA) is 104 Å². The number of hydrogen-bond donors (Lipinski definition) is 3. The first-order valence-electron chi connectivity index (χ1n) is 11.2. The fraction of sp³-hybridized carbons (Fsp3) is 0.231. The van der Waals surface area contributed by atoms with Gasteiger partial charge in [-0.1, -0.05) is 48.5 Å². The number of benzene rings is 3. The van der Waals surface area contributed by atoms with Gasteiger partial charge in [0.25, 0.3) is 0 Å². The van der Waals surface area contributed by atoms with E-state index >= 15 is 0 Å². The van der Waals surface area contributed by atoms with E-state index in [2.05, 4.69) is 20.0 Å². The molecule has 0 spiro atoms. The first-order chi connectivity index (χ1) is 16.3. The van der Waals surface area contributed by atoms with Gasteiger partial charge in [-0.25, -0.2) is 18.1 Å². The maximum atomic E-state index is 12.8. The number of aromatic nitrogens is 2. The van der Waals surface area contributed by atoms with Crippen LogP contribution in [0.5, 0.6) is 0 Å². The smallest absolute Gasteiger partial charge is 0.240 e. The molecule has 0 saturated carbocycles. The molecule has 1 atom stereocenters. The molecule has 0 radical (unpaired) electrons. The van der Waals surface area contributed by atoms with Crippen molar-refractivity contribution in [3.8, 4) is 0 Å². The number of sulfonamides is 1. The molecule has 1 heterocycles. The molecule has 8 heteroatoms. The van der Waals surface area contributed by atoms with Crippen LogP contribution in [0.25, 0.3) is 11.0 Å². The van der Waals surface area contributed by atoms with Gasteiger partial charge in [0.05, 0.1) is 22.0 Å². The Morgan fingerprint density at radius 3 is 2.44 bits per heavy atom. The van der Waals surface area contributed by atoms with Gasteiger partial charge >= 0.3 is 0 Å². The van der Waals surface area contributed by atoms with Crippen LogP contribution in [0.3, 0.4) is 0 Å². The largest absolute Gasteiger partial charge is 0.346 e. The molecule has 0 bridgehead atoms. The highest BCUT2D eigenvalue weighted by Gasteiger charge is 2.20. The Morgan fingerprint density at radius 2 is 1.71 bits per heavy atom. The number of para-hydroxylation sites is 2. The Morgan fingerprint density at radius 1 is 0.971 bits per heavy atom. The quantitative estimate of drug-likeness (QED) is 0.340. The van der Waals surface area contributed by atoms with Crippen LogP contribution in [0.4, 0.5) is 0 Å². The molecule has 176 valence electrons. The van der Waals surface area contributed by atoms with Crippen molar-refractivity contribution in [2.24, 2.45) is 0 Å². The number of hydrogen-bond acceptors (Lipinski definition) is 4. The van der Waals surface area contributed by atoms with E-state index in [1.165, 1.54) is 0 Å². The van der Waals surface area contributed by atoms with Crippen LogP contribution in [0.15, 0.2) is 77.7 Å². The molecule has 0 aliphatic rings. The first kappa shape index (κ1) is 23.7. The lowest BCUT2D eigenvalue weighted by Crippen LogP contribution is -2.34. The lowest BCUT2D eigenvalue weighted by molar-refractivity contribution is -0.121. The average Bonchev–Trinajstić information content (AvgIpc) is 3.25. The molecule has 34 heavy (non-hydrogen) atoms. The van der Waals surface area contributed by atoms with E-state index in [1.807, 2.05) is 68.4 Å². The predicted octanol–water partition coefficient (Wildman–Crippen LogP) is 3.95. The molecule has 4 aromatic rings. The van der Waals surface area contributed by atoms with Gasteiger partial charge in [0, 0.05) is 13.0 Å². The summed E-state index contributed by atoms with van der Waals surface area (Å²) >= 11 is 0. The lowest BCUT2D eigenvalue weighted by atomic mass is 10.1. The second kappa shape index (κ2) is 10.2. The van der Waals surface area contributed by atoms with Gasteiger partial charge < -0.3 is 10.3 Å². The number of fused-ring (bicyclic) bond motifs is 1. The first-order valence-corrected chi connectivity index (χ1v) is 12.6. The van der Waals surface area contributed by atoms with Crippen molar-refractivity contribution >= 4 is 27.0 Å². The molecule has 3 aromatic carbocycles. The number of nitrogens with one attached hydrogen (secondary N) is 3. The number of carbonyl (C=O) groups is 1. The van der Waals surface area contributed by atoms with Crippen molar-refractivity contribution in [2.45, 2.75) is 37.6 Å². The predicted molar refractivity (Wildman–Crippen MR) is 133 cm³/mol. The van der Waals surface area contributed by atoms with Gasteiger partial charge in [0.2, 0.25) is 15.9 Å². The molecule has 0 fully saturated rings. The number of nitrogens with zero attached hydrogens (tertiary/aromatic N) is 1. The molecule has 0 saturated heterocycles. The summed E-state index contributed by atoms with van der Waals surface area (Å²) in [7, 11) is -3.69. The number of imidazole rings is 1. The van der Waals surface area contributed by atoms with Gasteiger partial charge in [-0.2, -0.15) is 0 Å². The van der Waals surface area contributed by atoms with Crippen molar-refractivity contribution in [3.63, 3.8) is 0 Å². The summed E-state index contributed by atoms with van der Waals surface area (Å²) in [6.45, 7) is 3.80. The maximum absolute atomic E-state index is 12.8. The lowest BCUT2D eigenvalue weighted by Gasteiger charge is -2.17. The number of aromatic amines is 1. The fourth-order valence-electron chi connectivity index (χ4n) is 3.73. The Balaban J connectivity index is 1.43. The second-order valence-electron chi connectivity index (χ2n) is 8.34. The number of carbonyl (C=O) groups excluding carboxylic acids is 1. The highest BCUT2D eigenvalue weighted by atomic mass is 32.2. The molecular formula is C26H28N4O3S. The van der Waals surface area contributed by atoms with E-state index in [-0.39, 0.29) is 29.8 Å². The third kappa shape index (κ3) is 5.70. The zero-order chi connectivity index (χ0) is 24.1. The highest BCUT2D eigenvalue weighted by Crippen LogP contribution is 2.20. The summed E-state index contributed by atoms with van der Waals surface area (Å²) < 4.78 is 27.7. The molecule has 0 aliphatic carbocycles. The van der Waals surface area contributed by atoms with E-state index in [0.717, 1.165) is 27.7 Å². The normalized spacial score (nSPS) is 12.5. The minimum atomic E-state index is -3.69. The van der Waals surface area contributed by atoms with E-state index in [4.69, 9.17) is 0 Å². The Bertz CT molecular complexity index is 1370. The highest BCUT2D eigenvalue weighted by molar-refractivity contribution is 7.89. The molecule has 3 N–H and O–H groups in total. The van der Waals surface area contributed by atoms with Crippen LogP contribution in [-0.4, -0.2) is 30.8 Å². The fourth-order valence-corrected chi connectivity index (χ4v) is 4.85. The minimum absolute atomic E-state index is 0.000716. The summed E-state index contributed by atoms with van der Waals surface area (Å²) in [6.07, 6.45) is 0.566. The van der Waals surface area contributed by atoms with Crippen LogP contribution in [0, 0.1) is 13.8 Å².